The van der Waals surface area contributed by atoms with Crippen molar-refractivity contribution in [3.8, 4) is 5.88 Å². The maximum atomic E-state index is 12.7. The molecular weight excluding hydrogens is 487 g/mol. The Bertz CT molecular complexity index is 1330. The first kappa shape index (κ1) is 24.9. The summed E-state index contributed by atoms with van der Waals surface area (Å²) in [5.41, 5.74) is 0.658. The Balaban J connectivity index is 1.96. The number of hydrogen-bond acceptors (Lipinski definition) is 10. The highest BCUT2D eigenvalue weighted by atomic mass is 35.5. The number of nitrogens with one attached hydrogen (secondary N) is 2. The summed E-state index contributed by atoms with van der Waals surface area (Å²) in [5.74, 6) is 0.712. The van der Waals surface area contributed by atoms with Gasteiger partial charge in [0.1, 0.15) is 23.9 Å². The largest absolute Gasteiger partial charge is 0.478 e. The Labute approximate surface area is 197 Å². The highest BCUT2D eigenvalue weighted by Crippen LogP contribution is 2.36. The van der Waals surface area contributed by atoms with Crippen LogP contribution < -0.4 is 20.8 Å². The van der Waals surface area contributed by atoms with Gasteiger partial charge in [0.15, 0.2) is 27.3 Å². The van der Waals surface area contributed by atoms with E-state index >= 15 is 0 Å². The fraction of sp³-hybridized carbons (Fsp3) is 0.300. The van der Waals surface area contributed by atoms with E-state index in [1.807, 2.05) is 0 Å². The van der Waals surface area contributed by atoms with Gasteiger partial charge in [-0.1, -0.05) is 23.7 Å². The van der Waals surface area contributed by atoms with Crippen LogP contribution in [0.5, 0.6) is 5.88 Å². The first-order valence-electron chi connectivity index (χ1n) is 9.79. The number of benzene rings is 1. The third-order valence-electron chi connectivity index (χ3n) is 4.57. The predicted molar refractivity (Wildman–Crippen MR) is 130 cm³/mol. The molecule has 176 valence electrons. The van der Waals surface area contributed by atoms with E-state index in [0.29, 0.717) is 11.1 Å². The number of nitrogens with zero attached hydrogens (tertiary/aromatic N) is 4. The molecule has 1 aromatic carbocycles. The second kappa shape index (κ2) is 9.62. The molecule has 0 aliphatic rings. The van der Waals surface area contributed by atoms with Crippen molar-refractivity contribution in [2.75, 3.05) is 31.1 Å². The minimum atomic E-state index is -3.55. The van der Waals surface area contributed by atoms with Crippen LogP contribution in [0, 0.1) is 0 Å². The van der Waals surface area contributed by atoms with Crippen molar-refractivity contribution in [1.29, 1.82) is 0 Å². The van der Waals surface area contributed by atoms with Crippen molar-refractivity contribution in [3.05, 3.63) is 41.8 Å². The van der Waals surface area contributed by atoms with E-state index in [1.165, 1.54) is 25.7 Å². The van der Waals surface area contributed by atoms with E-state index < -0.39 is 22.2 Å². The van der Waals surface area contributed by atoms with E-state index in [9.17, 15) is 13.0 Å². The first-order valence-corrected chi connectivity index (χ1v) is 14.3. The molecule has 2 aromatic heterocycles. The van der Waals surface area contributed by atoms with Crippen LogP contribution in [0.2, 0.25) is 5.02 Å². The van der Waals surface area contributed by atoms with E-state index in [0.717, 1.165) is 0 Å². The summed E-state index contributed by atoms with van der Waals surface area (Å²) in [7, 11) is -4.77. The van der Waals surface area contributed by atoms with E-state index in [-0.39, 0.29) is 33.3 Å². The number of sulfone groups is 1. The van der Waals surface area contributed by atoms with Gasteiger partial charge in [-0.15, -0.1) is 0 Å². The minimum absolute atomic E-state index is 0.0961. The lowest BCUT2D eigenvalue weighted by molar-refractivity contribution is 0.399. The number of para-hydroxylation sites is 1. The van der Waals surface area contributed by atoms with Crippen molar-refractivity contribution >= 4 is 57.2 Å². The predicted octanol–water partition coefficient (Wildman–Crippen LogP) is 3.85. The van der Waals surface area contributed by atoms with E-state index in [2.05, 4.69) is 30.6 Å². The van der Waals surface area contributed by atoms with Crippen LogP contribution in [-0.4, -0.2) is 54.0 Å². The third kappa shape index (κ3) is 5.43. The molecule has 3 rings (SSSR count). The Morgan fingerprint density at radius 3 is 2.27 bits per heavy atom. The van der Waals surface area contributed by atoms with Gasteiger partial charge in [-0.3, -0.25) is 0 Å². The van der Waals surface area contributed by atoms with Crippen molar-refractivity contribution < 1.29 is 17.7 Å². The number of hydrogen-bond donors (Lipinski definition) is 2. The first-order chi connectivity index (χ1) is 15.4. The van der Waals surface area contributed by atoms with Crippen molar-refractivity contribution in [2.24, 2.45) is 0 Å². The van der Waals surface area contributed by atoms with Crippen molar-refractivity contribution in [2.45, 2.75) is 24.0 Å². The summed E-state index contributed by atoms with van der Waals surface area (Å²) in [5, 5.41) is 5.40. The Morgan fingerprint density at radius 2 is 1.67 bits per heavy atom. The molecule has 33 heavy (non-hydrogen) atoms. The molecule has 3 aromatic rings. The van der Waals surface area contributed by atoms with Crippen LogP contribution in [0.1, 0.15) is 13.8 Å². The number of halogens is 1. The van der Waals surface area contributed by atoms with Crippen molar-refractivity contribution in [3.63, 3.8) is 0 Å². The summed E-state index contributed by atoms with van der Waals surface area (Å²) < 4.78 is 43.0. The van der Waals surface area contributed by atoms with Crippen LogP contribution in [0.25, 0.3) is 0 Å². The van der Waals surface area contributed by atoms with Crippen LogP contribution in [0.3, 0.4) is 0 Å². The normalized spacial score (nSPS) is 12.0. The zero-order chi connectivity index (χ0) is 24.4. The van der Waals surface area contributed by atoms with Gasteiger partial charge in [-0.25, -0.2) is 28.4 Å². The molecule has 2 N–H and O–H groups in total. The summed E-state index contributed by atoms with van der Waals surface area (Å²) in [6, 6.07) is 6.50. The molecule has 0 bridgehead atoms. The monoisotopic (exact) mass is 510 g/mol. The summed E-state index contributed by atoms with van der Waals surface area (Å²) >= 11 is 6.50. The topological polar surface area (TPSA) is 136 Å². The molecule has 0 spiro atoms. The second-order valence-corrected chi connectivity index (χ2v) is 13.7. The molecule has 0 aliphatic carbocycles. The highest BCUT2D eigenvalue weighted by Gasteiger charge is 2.24. The van der Waals surface area contributed by atoms with Crippen molar-refractivity contribution in [1.82, 2.24) is 19.9 Å². The van der Waals surface area contributed by atoms with E-state index in [4.69, 9.17) is 16.3 Å². The lowest BCUT2D eigenvalue weighted by Gasteiger charge is -2.16. The lowest BCUT2D eigenvalue weighted by atomic mass is 10.3. The molecule has 0 saturated heterocycles. The molecule has 0 amide bonds. The summed E-state index contributed by atoms with van der Waals surface area (Å²) in [6.45, 7) is 6.39. The number of anilines is 4. The van der Waals surface area contributed by atoms with Crippen LogP contribution in [0.4, 0.5) is 23.1 Å². The highest BCUT2D eigenvalue weighted by molar-refractivity contribution is 7.92. The van der Waals surface area contributed by atoms with Gasteiger partial charge < -0.3 is 19.9 Å². The minimum Gasteiger partial charge on any atom is -0.478 e. The van der Waals surface area contributed by atoms with Gasteiger partial charge in [0, 0.05) is 0 Å². The van der Waals surface area contributed by atoms with Gasteiger partial charge in [0.05, 0.1) is 29.1 Å². The van der Waals surface area contributed by atoms with E-state index in [1.54, 1.807) is 45.4 Å². The fourth-order valence-electron chi connectivity index (χ4n) is 2.71. The maximum Gasteiger partial charge on any atom is 0.258 e. The fourth-order valence-corrected chi connectivity index (χ4v) is 4.77. The summed E-state index contributed by atoms with van der Waals surface area (Å²) in [6.07, 6.45) is 2.66. The molecular formula is C20H24ClN6O4PS. The summed E-state index contributed by atoms with van der Waals surface area (Å²) in [4.78, 5) is 16.9. The molecule has 0 saturated carbocycles. The molecule has 0 fully saturated rings. The van der Waals surface area contributed by atoms with Crippen LogP contribution in [-0.2, 0) is 14.4 Å². The maximum absolute atomic E-state index is 12.7. The smallest absolute Gasteiger partial charge is 0.258 e. The number of methoxy groups -OCH3 is 1. The molecule has 0 unspecified atom stereocenters. The second-order valence-electron chi connectivity index (χ2n) is 7.66. The lowest BCUT2D eigenvalue weighted by Crippen LogP contribution is -2.16. The molecule has 0 atom stereocenters. The van der Waals surface area contributed by atoms with Gasteiger partial charge in [-0.2, -0.15) is 0 Å². The van der Waals surface area contributed by atoms with Gasteiger partial charge in [0.2, 0.25) is 0 Å². The Morgan fingerprint density at radius 1 is 1.03 bits per heavy atom. The van der Waals surface area contributed by atoms with Crippen LogP contribution >= 0.6 is 18.7 Å². The molecule has 13 heteroatoms. The Kier molecular flexibility index (Phi) is 7.26. The zero-order valence-corrected chi connectivity index (χ0v) is 21.2. The SMILES string of the molecule is COc1nc(P(C)(C)=O)cnc1Nc1ncnc(Nc2ccccc2S(=O)(=O)C(C)C)c1Cl. The zero-order valence-electron chi connectivity index (χ0n) is 18.7. The molecule has 10 nitrogen and oxygen atoms in total. The number of aromatic nitrogens is 4. The number of rotatable bonds is 8. The third-order valence-corrected chi connectivity index (χ3v) is 8.45. The van der Waals surface area contributed by atoms with Gasteiger partial charge in [-0.05, 0) is 39.3 Å². The average Bonchev–Trinajstić information content (AvgIpc) is 2.76. The van der Waals surface area contributed by atoms with Crippen LogP contribution in [0.15, 0.2) is 41.7 Å². The van der Waals surface area contributed by atoms with Gasteiger partial charge >= 0.3 is 0 Å². The Hall–Kier alpha value is -2.75. The average molecular weight is 511 g/mol. The van der Waals surface area contributed by atoms with Gasteiger partial charge in [0.25, 0.3) is 5.88 Å². The number of ether oxygens (including phenoxy) is 1. The molecule has 0 radical (unpaired) electrons. The standard InChI is InChI=1S/C20H24ClN6O4PS/c1-12(2)33(29,30)14-9-7-6-8-13(14)25-17-16(21)18(24-11-23-17)27-19-20(31-3)26-15(10-22-19)32(4,5)28/h6-12H,1-5H3,(H2,22,23,24,25,27). The molecule has 0 aliphatic heterocycles. The molecule has 2 heterocycles. The quantitative estimate of drug-likeness (QED) is 0.430.